The van der Waals surface area contributed by atoms with Gasteiger partial charge in [0.05, 0.1) is 6.54 Å². The second-order valence-corrected chi connectivity index (χ2v) is 4.83. The summed E-state index contributed by atoms with van der Waals surface area (Å²) in [5.74, 6) is 3.17. The highest BCUT2D eigenvalue weighted by atomic mass is 127. The van der Waals surface area contributed by atoms with Crippen LogP contribution in [0.3, 0.4) is 0 Å². The van der Waals surface area contributed by atoms with Crippen molar-refractivity contribution in [2.24, 2.45) is 4.99 Å². The first-order valence-corrected chi connectivity index (χ1v) is 6.49. The highest BCUT2D eigenvalue weighted by molar-refractivity contribution is 14.0. The van der Waals surface area contributed by atoms with E-state index in [1.165, 1.54) is 0 Å². The molecule has 0 fully saturated rings. The molecule has 1 heterocycles. The van der Waals surface area contributed by atoms with E-state index in [4.69, 9.17) is 14.2 Å². The van der Waals surface area contributed by atoms with Gasteiger partial charge in [-0.05, 0) is 12.1 Å². The van der Waals surface area contributed by atoms with Crippen molar-refractivity contribution in [2.45, 2.75) is 0 Å². The van der Waals surface area contributed by atoms with Gasteiger partial charge in [-0.1, -0.05) is 0 Å². The van der Waals surface area contributed by atoms with Crippen LogP contribution in [0, 0.1) is 0 Å². The lowest BCUT2D eigenvalue weighted by atomic mass is 10.3. The van der Waals surface area contributed by atoms with Crippen molar-refractivity contribution >= 4 is 29.9 Å². The highest BCUT2D eigenvalue weighted by Gasteiger charge is 2.13. The van der Waals surface area contributed by atoms with Gasteiger partial charge in [0.25, 0.3) is 0 Å². The second-order valence-electron chi connectivity index (χ2n) is 4.83. The number of aliphatic imine (C=N–C) groups is 1. The minimum absolute atomic E-state index is 0. The van der Waals surface area contributed by atoms with E-state index in [1.807, 2.05) is 56.2 Å². The molecule has 0 unspecified atom stereocenters. The monoisotopic (exact) mass is 407 g/mol. The van der Waals surface area contributed by atoms with E-state index in [2.05, 4.69) is 4.99 Å². The molecule has 0 spiro atoms. The number of hydrogen-bond acceptors (Lipinski definition) is 4. The Balaban J connectivity index is 0.00000220. The van der Waals surface area contributed by atoms with Crippen molar-refractivity contribution in [3.63, 3.8) is 0 Å². The number of guanidine groups is 1. The number of fused-ring (bicyclic) bond motifs is 1. The maximum Gasteiger partial charge on any atom is 0.231 e. The summed E-state index contributed by atoms with van der Waals surface area (Å²) in [6.45, 7) is 1.39. The van der Waals surface area contributed by atoms with Gasteiger partial charge >= 0.3 is 0 Å². The minimum atomic E-state index is 0. The molecular formula is C14H22IN3O3. The number of halogens is 1. The summed E-state index contributed by atoms with van der Waals surface area (Å²) >= 11 is 0. The average molecular weight is 407 g/mol. The molecule has 21 heavy (non-hydrogen) atoms. The summed E-state index contributed by atoms with van der Waals surface area (Å²) in [7, 11) is 7.88. The summed E-state index contributed by atoms with van der Waals surface area (Å²) in [5.41, 5.74) is 0. The minimum Gasteiger partial charge on any atom is -0.492 e. The largest absolute Gasteiger partial charge is 0.492 e. The van der Waals surface area contributed by atoms with Gasteiger partial charge in [-0.15, -0.1) is 24.0 Å². The molecule has 118 valence electrons. The van der Waals surface area contributed by atoms with Crippen LogP contribution in [0.1, 0.15) is 0 Å². The smallest absolute Gasteiger partial charge is 0.231 e. The molecule has 1 aromatic rings. The first kappa shape index (κ1) is 17.7. The normalized spacial score (nSPS) is 11.4. The van der Waals surface area contributed by atoms with Crippen LogP contribution in [0.2, 0.25) is 0 Å². The predicted molar refractivity (Wildman–Crippen MR) is 93.2 cm³/mol. The van der Waals surface area contributed by atoms with Gasteiger partial charge in [0.1, 0.15) is 12.4 Å². The summed E-state index contributed by atoms with van der Waals surface area (Å²) in [6.07, 6.45) is 0. The Kier molecular flexibility index (Phi) is 6.86. The molecular weight excluding hydrogens is 385 g/mol. The van der Waals surface area contributed by atoms with Crippen molar-refractivity contribution in [3.05, 3.63) is 18.2 Å². The van der Waals surface area contributed by atoms with E-state index in [0.29, 0.717) is 13.2 Å². The molecule has 0 amide bonds. The molecule has 0 saturated carbocycles. The van der Waals surface area contributed by atoms with Gasteiger partial charge < -0.3 is 24.0 Å². The molecule has 0 radical (unpaired) electrons. The third kappa shape index (κ3) is 4.83. The second kappa shape index (κ2) is 8.16. The van der Waals surface area contributed by atoms with Gasteiger partial charge in [-0.2, -0.15) is 0 Å². The van der Waals surface area contributed by atoms with E-state index in [9.17, 15) is 0 Å². The van der Waals surface area contributed by atoms with Crippen LogP contribution in [-0.2, 0) is 0 Å². The third-order valence-corrected chi connectivity index (χ3v) is 2.76. The third-order valence-electron chi connectivity index (χ3n) is 2.76. The molecule has 0 aliphatic carbocycles. The Hall–Kier alpha value is -1.38. The van der Waals surface area contributed by atoms with Crippen LogP contribution >= 0.6 is 24.0 Å². The lowest BCUT2D eigenvalue weighted by Crippen LogP contribution is -2.35. The summed E-state index contributed by atoms with van der Waals surface area (Å²) < 4.78 is 16.2. The maximum atomic E-state index is 5.66. The van der Waals surface area contributed by atoms with E-state index < -0.39 is 0 Å². The van der Waals surface area contributed by atoms with Crippen molar-refractivity contribution in [2.75, 3.05) is 48.1 Å². The van der Waals surface area contributed by atoms with Gasteiger partial charge in [0, 0.05) is 34.3 Å². The van der Waals surface area contributed by atoms with E-state index in [0.717, 1.165) is 23.2 Å². The van der Waals surface area contributed by atoms with Crippen molar-refractivity contribution in [1.82, 2.24) is 9.80 Å². The molecule has 0 N–H and O–H groups in total. The SMILES string of the molecule is CN(C)C(=NCCOc1ccc2c(c1)OCO2)N(C)C.I. The summed E-state index contributed by atoms with van der Waals surface area (Å²) in [4.78, 5) is 8.44. The first-order valence-electron chi connectivity index (χ1n) is 6.49. The Morgan fingerprint density at radius 3 is 2.48 bits per heavy atom. The Bertz CT molecular complexity index is 482. The first-order chi connectivity index (χ1) is 9.58. The predicted octanol–water partition coefficient (Wildman–Crippen LogP) is 1.89. The quantitative estimate of drug-likeness (QED) is 0.330. The van der Waals surface area contributed by atoms with Crippen LogP contribution in [0.25, 0.3) is 0 Å². The molecule has 1 aliphatic rings. The highest BCUT2D eigenvalue weighted by Crippen LogP contribution is 2.34. The average Bonchev–Trinajstić information content (AvgIpc) is 2.84. The van der Waals surface area contributed by atoms with Crippen LogP contribution in [0.5, 0.6) is 17.2 Å². The van der Waals surface area contributed by atoms with Gasteiger partial charge in [0.15, 0.2) is 17.5 Å². The standard InChI is InChI=1S/C14H21N3O3.HI/c1-16(2)14(17(3)4)15-7-8-18-11-5-6-12-13(9-11)20-10-19-12;/h5-6,9H,7-8,10H2,1-4H3;1H. The summed E-state index contributed by atoms with van der Waals surface area (Å²) in [6, 6.07) is 5.56. The lowest BCUT2D eigenvalue weighted by Gasteiger charge is -2.22. The number of nitrogens with zero attached hydrogens (tertiary/aromatic N) is 3. The van der Waals surface area contributed by atoms with Crippen LogP contribution < -0.4 is 14.2 Å². The van der Waals surface area contributed by atoms with E-state index in [1.54, 1.807) is 0 Å². The number of ether oxygens (including phenoxy) is 3. The molecule has 2 rings (SSSR count). The zero-order chi connectivity index (χ0) is 14.5. The fourth-order valence-electron chi connectivity index (χ4n) is 1.96. The lowest BCUT2D eigenvalue weighted by molar-refractivity contribution is 0.174. The molecule has 7 heteroatoms. The topological polar surface area (TPSA) is 46.5 Å². The van der Waals surface area contributed by atoms with Gasteiger partial charge in [0.2, 0.25) is 6.79 Å². The number of rotatable bonds is 4. The molecule has 0 saturated heterocycles. The molecule has 1 aromatic carbocycles. The molecule has 0 aromatic heterocycles. The zero-order valence-corrected chi connectivity index (χ0v) is 15.2. The number of hydrogen-bond donors (Lipinski definition) is 0. The Morgan fingerprint density at radius 1 is 1.14 bits per heavy atom. The van der Waals surface area contributed by atoms with E-state index in [-0.39, 0.29) is 30.8 Å². The number of benzene rings is 1. The zero-order valence-electron chi connectivity index (χ0n) is 12.8. The molecule has 0 atom stereocenters. The summed E-state index contributed by atoms with van der Waals surface area (Å²) in [5, 5.41) is 0. The fourth-order valence-corrected chi connectivity index (χ4v) is 1.96. The van der Waals surface area contributed by atoms with Crippen LogP contribution in [0.4, 0.5) is 0 Å². The van der Waals surface area contributed by atoms with E-state index >= 15 is 0 Å². The fraction of sp³-hybridized carbons (Fsp3) is 0.500. The molecule has 6 nitrogen and oxygen atoms in total. The Labute approximate surface area is 142 Å². The molecule has 1 aliphatic heterocycles. The maximum absolute atomic E-state index is 5.66. The van der Waals surface area contributed by atoms with Crippen molar-refractivity contribution < 1.29 is 14.2 Å². The van der Waals surface area contributed by atoms with Crippen LogP contribution in [0.15, 0.2) is 23.2 Å². The van der Waals surface area contributed by atoms with Crippen LogP contribution in [-0.4, -0.2) is 63.9 Å². The Morgan fingerprint density at radius 2 is 1.81 bits per heavy atom. The molecule has 0 bridgehead atoms. The van der Waals surface area contributed by atoms with Gasteiger partial charge in [-0.3, -0.25) is 0 Å². The van der Waals surface area contributed by atoms with Gasteiger partial charge in [-0.25, -0.2) is 4.99 Å². The van der Waals surface area contributed by atoms with Crippen molar-refractivity contribution in [3.8, 4) is 17.2 Å². The van der Waals surface area contributed by atoms with Crippen molar-refractivity contribution in [1.29, 1.82) is 0 Å².